The molecule has 0 aromatic carbocycles. The molecule has 2 atom stereocenters. The number of pyridine rings is 1. The van der Waals surface area contributed by atoms with E-state index in [9.17, 15) is 10.1 Å². The van der Waals surface area contributed by atoms with Gasteiger partial charge in [0.2, 0.25) is 5.88 Å². The van der Waals surface area contributed by atoms with Crippen molar-refractivity contribution in [3.8, 4) is 5.88 Å². The molecule has 1 aromatic rings. The number of nitrogens with zero attached hydrogens (tertiary/aromatic N) is 2. The Bertz CT molecular complexity index is 495. The van der Waals surface area contributed by atoms with Crippen molar-refractivity contribution in [3.05, 3.63) is 22.2 Å². The van der Waals surface area contributed by atoms with Gasteiger partial charge in [-0.15, -0.1) is 0 Å². The molecule has 1 heterocycles. The number of methoxy groups -OCH3 is 1. The Labute approximate surface area is 123 Å². The molecule has 21 heavy (non-hydrogen) atoms. The highest BCUT2D eigenvalue weighted by molar-refractivity contribution is 5.48. The van der Waals surface area contributed by atoms with E-state index in [1.807, 2.05) is 6.92 Å². The molecule has 1 fully saturated rings. The second kappa shape index (κ2) is 7.21. The average Bonchev–Trinajstić information content (AvgIpc) is 2.47. The van der Waals surface area contributed by atoms with Crippen molar-refractivity contribution in [2.24, 2.45) is 0 Å². The highest BCUT2D eigenvalue weighted by Crippen LogP contribution is 2.27. The lowest BCUT2D eigenvalue weighted by atomic mass is 9.95. The Morgan fingerprint density at radius 2 is 2.19 bits per heavy atom. The first-order valence-electron chi connectivity index (χ1n) is 7.22. The second-order valence-corrected chi connectivity index (χ2v) is 5.10. The maximum atomic E-state index is 11.0. The van der Waals surface area contributed by atoms with Crippen LogP contribution in [0.3, 0.4) is 0 Å². The molecular formula is C14H21N3O4. The van der Waals surface area contributed by atoms with Crippen molar-refractivity contribution in [2.45, 2.75) is 44.8 Å². The summed E-state index contributed by atoms with van der Waals surface area (Å²) >= 11 is 0. The summed E-state index contributed by atoms with van der Waals surface area (Å²) in [6.45, 7) is 2.55. The summed E-state index contributed by atoms with van der Waals surface area (Å²) in [5.41, 5.74) is -0.0185. The molecule has 1 aliphatic carbocycles. The highest BCUT2D eigenvalue weighted by atomic mass is 16.6. The lowest BCUT2D eigenvalue weighted by Crippen LogP contribution is -2.29. The Balaban J connectivity index is 2.12. The lowest BCUT2D eigenvalue weighted by Gasteiger charge is -2.28. The van der Waals surface area contributed by atoms with Crippen molar-refractivity contribution in [1.82, 2.24) is 4.98 Å². The number of rotatable bonds is 6. The van der Waals surface area contributed by atoms with E-state index in [0.29, 0.717) is 18.2 Å². The number of anilines is 1. The zero-order valence-electron chi connectivity index (χ0n) is 12.4. The van der Waals surface area contributed by atoms with Gasteiger partial charge < -0.3 is 14.8 Å². The molecule has 0 saturated heterocycles. The summed E-state index contributed by atoms with van der Waals surface area (Å²) in [4.78, 5) is 14.8. The van der Waals surface area contributed by atoms with Crippen LogP contribution in [0.2, 0.25) is 0 Å². The van der Waals surface area contributed by atoms with Crippen molar-refractivity contribution in [1.29, 1.82) is 0 Å². The molecule has 7 nitrogen and oxygen atoms in total. The number of nitro groups is 1. The molecule has 2 unspecified atom stereocenters. The van der Waals surface area contributed by atoms with Crippen molar-refractivity contribution in [3.63, 3.8) is 0 Å². The van der Waals surface area contributed by atoms with E-state index in [4.69, 9.17) is 9.47 Å². The average molecular weight is 295 g/mol. The summed E-state index contributed by atoms with van der Waals surface area (Å²) in [6.07, 6.45) is 3.95. The molecule has 1 aliphatic rings. The van der Waals surface area contributed by atoms with Crippen molar-refractivity contribution >= 4 is 11.5 Å². The molecule has 2 rings (SSSR count). The largest absolute Gasteiger partial charge is 0.474 e. The van der Waals surface area contributed by atoms with Crippen LogP contribution in [0.5, 0.6) is 5.88 Å². The number of hydrogen-bond donors (Lipinski definition) is 1. The molecule has 7 heteroatoms. The Morgan fingerprint density at radius 1 is 1.43 bits per heavy atom. The predicted molar refractivity (Wildman–Crippen MR) is 78.7 cm³/mol. The van der Waals surface area contributed by atoms with E-state index in [0.717, 1.165) is 25.7 Å². The molecule has 0 bridgehead atoms. The van der Waals surface area contributed by atoms with Crippen LogP contribution in [-0.2, 0) is 4.74 Å². The van der Waals surface area contributed by atoms with Crippen LogP contribution in [0.4, 0.5) is 11.5 Å². The van der Waals surface area contributed by atoms with Crippen molar-refractivity contribution in [2.75, 3.05) is 19.0 Å². The monoisotopic (exact) mass is 295 g/mol. The smallest absolute Gasteiger partial charge is 0.278 e. The summed E-state index contributed by atoms with van der Waals surface area (Å²) < 4.78 is 11.2. The van der Waals surface area contributed by atoms with Gasteiger partial charge >= 0.3 is 0 Å². The molecule has 0 radical (unpaired) electrons. The summed E-state index contributed by atoms with van der Waals surface area (Å²) in [7, 11) is 1.70. The zero-order valence-corrected chi connectivity index (χ0v) is 12.4. The topological polar surface area (TPSA) is 86.5 Å². The van der Waals surface area contributed by atoms with Crippen LogP contribution in [0.1, 0.15) is 32.6 Å². The van der Waals surface area contributed by atoms with Crippen LogP contribution >= 0.6 is 0 Å². The fourth-order valence-corrected chi connectivity index (χ4v) is 2.52. The minimum Gasteiger partial charge on any atom is -0.474 e. The van der Waals surface area contributed by atoms with Gasteiger partial charge in [0.1, 0.15) is 11.9 Å². The first-order valence-corrected chi connectivity index (χ1v) is 7.22. The Kier molecular flexibility index (Phi) is 5.32. The van der Waals surface area contributed by atoms with E-state index in [1.54, 1.807) is 7.11 Å². The predicted octanol–water partition coefficient (Wildman–Crippen LogP) is 2.76. The number of nitrogens with one attached hydrogen (secondary N) is 1. The van der Waals surface area contributed by atoms with Crippen LogP contribution in [0.25, 0.3) is 0 Å². The third kappa shape index (κ3) is 4.29. The maximum absolute atomic E-state index is 11.0. The minimum atomic E-state index is -0.436. The third-order valence-electron chi connectivity index (χ3n) is 3.55. The van der Waals surface area contributed by atoms with Gasteiger partial charge in [-0.1, -0.05) is 0 Å². The van der Waals surface area contributed by atoms with Crippen LogP contribution in [-0.4, -0.2) is 35.8 Å². The van der Waals surface area contributed by atoms with Gasteiger partial charge in [-0.05, 0) is 26.2 Å². The molecule has 0 spiro atoms. The highest BCUT2D eigenvalue weighted by Gasteiger charge is 2.24. The van der Waals surface area contributed by atoms with Gasteiger partial charge in [0.15, 0.2) is 0 Å². The van der Waals surface area contributed by atoms with E-state index < -0.39 is 4.92 Å². The summed E-state index contributed by atoms with van der Waals surface area (Å²) in [5.74, 6) is 0.753. The Morgan fingerprint density at radius 3 is 2.86 bits per heavy atom. The fraction of sp³-hybridized carbons (Fsp3) is 0.643. The van der Waals surface area contributed by atoms with Crippen LogP contribution in [0.15, 0.2) is 12.1 Å². The quantitative estimate of drug-likeness (QED) is 0.641. The van der Waals surface area contributed by atoms with E-state index in [-0.39, 0.29) is 17.9 Å². The van der Waals surface area contributed by atoms with Crippen molar-refractivity contribution < 1.29 is 14.4 Å². The van der Waals surface area contributed by atoms with Gasteiger partial charge in [-0.25, -0.2) is 0 Å². The third-order valence-corrected chi connectivity index (χ3v) is 3.55. The molecule has 1 N–H and O–H groups in total. The molecule has 1 aromatic heterocycles. The van der Waals surface area contributed by atoms with Crippen LogP contribution < -0.4 is 10.1 Å². The number of hydrogen-bond acceptors (Lipinski definition) is 6. The van der Waals surface area contributed by atoms with Gasteiger partial charge in [-0.2, -0.15) is 4.98 Å². The van der Waals surface area contributed by atoms with E-state index in [2.05, 4.69) is 10.3 Å². The SMILES string of the molecule is CCNc1cc([N+](=O)[O-])cc(OC2CCCC(OC)C2)n1. The lowest BCUT2D eigenvalue weighted by molar-refractivity contribution is -0.384. The van der Waals surface area contributed by atoms with Gasteiger partial charge in [0.05, 0.1) is 23.2 Å². The standard InChI is InChI=1S/C14H21N3O4/c1-3-15-13-7-10(17(18)19)8-14(16-13)21-12-6-4-5-11(9-12)20-2/h7-8,11-12H,3-6,9H2,1-2H3,(H,15,16). The van der Waals surface area contributed by atoms with E-state index >= 15 is 0 Å². The number of aromatic nitrogens is 1. The maximum Gasteiger partial charge on any atom is 0.278 e. The first-order chi connectivity index (χ1) is 10.1. The summed E-state index contributed by atoms with van der Waals surface area (Å²) in [5, 5.41) is 14.0. The molecule has 116 valence electrons. The normalized spacial score (nSPS) is 21.8. The summed E-state index contributed by atoms with van der Waals surface area (Å²) in [6, 6.07) is 2.78. The molecular weight excluding hydrogens is 274 g/mol. The van der Waals surface area contributed by atoms with Crippen LogP contribution in [0, 0.1) is 10.1 Å². The van der Waals surface area contributed by atoms with Gasteiger partial charge in [-0.3, -0.25) is 10.1 Å². The van der Waals surface area contributed by atoms with E-state index in [1.165, 1.54) is 12.1 Å². The Hall–Kier alpha value is -1.89. The van der Waals surface area contributed by atoms with Gasteiger partial charge in [0.25, 0.3) is 5.69 Å². The first kappa shape index (κ1) is 15.5. The molecule has 1 saturated carbocycles. The second-order valence-electron chi connectivity index (χ2n) is 5.10. The molecule has 0 amide bonds. The fourth-order valence-electron chi connectivity index (χ4n) is 2.52. The van der Waals surface area contributed by atoms with Gasteiger partial charge in [0, 0.05) is 20.1 Å². The zero-order chi connectivity index (χ0) is 15.2. The number of ether oxygens (including phenoxy) is 2. The molecule has 0 aliphatic heterocycles. The minimum absolute atomic E-state index is 0.00678.